The maximum absolute atomic E-state index is 12.7. The van der Waals surface area contributed by atoms with E-state index in [0.717, 1.165) is 0 Å². The number of rotatable bonds is 2. The normalized spacial score (nSPS) is 15.5. The molecule has 6 rings (SSSR count). The topological polar surface area (TPSA) is 214 Å². The first kappa shape index (κ1) is 26.7. The van der Waals surface area contributed by atoms with Crippen LogP contribution in [0, 0.1) is 0 Å². The van der Waals surface area contributed by atoms with Crippen molar-refractivity contribution in [3.05, 3.63) is 82.4 Å². The molecule has 3 aliphatic heterocycles. The molecule has 0 aromatic heterocycles. The van der Waals surface area contributed by atoms with Crippen LogP contribution in [0.3, 0.4) is 0 Å². The summed E-state index contributed by atoms with van der Waals surface area (Å²) < 4.78 is 11.7. The van der Waals surface area contributed by atoms with Crippen LogP contribution < -0.4 is 4.74 Å². The van der Waals surface area contributed by atoms with E-state index in [9.17, 15) is 44.1 Å². The maximum atomic E-state index is 12.7. The van der Waals surface area contributed by atoms with Gasteiger partial charge in [0.05, 0.1) is 11.1 Å². The van der Waals surface area contributed by atoms with E-state index < -0.39 is 41.3 Å². The first-order valence-corrected chi connectivity index (χ1v) is 11.7. The zero-order valence-corrected chi connectivity index (χ0v) is 20.5. The average Bonchev–Trinajstić information content (AvgIpc) is 3.39. The highest BCUT2D eigenvalue weighted by molar-refractivity contribution is 6.29. The lowest BCUT2D eigenvalue weighted by atomic mass is 9.77. The van der Waals surface area contributed by atoms with Crippen molar-refractivity contribution in [1.29, 1.82) is 0 Å². The molecule has 14 nitrogen and oxygen atoms in total. The number of esters is 1. The number of hydrogen-bond donors (Lipinski definition) is 4. The summed E-state index contributed by atoms with van der Waals surface area (Å²) in [7, 11) is 0. The number of phenols is 2. The van der Waals surface area contributed by atoms with Gasteiger partial charge < -0.3 is 34.7 Å². The number of carbonyl (C=O) groups excluding carboxylic acids is 4. The summed E-state index contributed by atoms with van der Waals surface area (Å²) >= 11 is 0. The van der Waals surface area contributed by atoms with Crippen LogP contribution in [0.2, 0.25) is 0 Å². The van der Waals surface area contributed by atoms with Crippen LogP contribution in [0.25, 0.3) is 0 Å². The summed E-state index contributed by atoms with van der Waals surface area (Å²) in [5.41, 5.74) is 0.159. The van der Waals surface area contributed by atoms with Gasteiger partial charge in [0.1, 0.15) is 23.0 Å². The number of imide groups is 1. The Morgan fingerprint density at radius 1 is 0.780 bits per heavy atom. The molecule has 1 spiro atoms. The molecule has 3 heterocycles. The van der Waals surface area contributed by atoms with Gasteiger partial charge >= 0.3 is 23.9 Å². The smallest absolute Gasteiger partial charge is 0.441 e. The number of carbonyl (C=O) groups is 6. The Balaban J connectivity index is 0.000000219. The fourth-order valence-corrected chi connectivity index (χ4v) is 4.62. The molecule has 0 saturated carbocycles. The molecule has 3 aliphatic rings. The molecule has 1 fully saturated rings. The van der Waals surface area contributed by atoms with Crippen LogP contribution in [0.15, 0.2) is 54.6 Å². The number of fused-ring (bicyclic) bond motifs is 6. The Hall–Kier alpha value is -5.92. The fraction of sp³-hybridized carbons (Fsp3) is 0.111. The van der Waals surface area contributed by atoms with E-state index in [0.29, 0.717) is 16.7 Å². The number of aliphatic carboxylic acids is 1. The Kier molecular flexibility index (Phi) is 6.30. The van der Waals surface area contributed by atoms with Gasteiger partial charge in [-0.2, -0.15) is 0 Å². The van der Waals surface area contributed by atoms with Gasteiger partial charge in [-0.25, -0.2) is 19.2 Å². The first-order valence-electron chi connectivity index (χ1n) is 11.7. The van der Waals surface area contributed by atoms with Gasteiger partial charge in [-0.05, 0) is 36.4 Å². The molecular weight excluding hydrogens is 546 g/mol. The number of hydrogen-bond acceptors (Lipinski definition) is 11. The van der Waals surface area contributed by atoms with E-state index in [1.807, 2.05) is 0 Å². The summed E-state index contributed by atoms with van der Waals surface area (Å²) in [6, 6.07) is 13.1. The minimum absolute atomic E-state index is 0.0309. The molecule has 3 aromatic rings. The van der Waals surface area contributed by atoms with Gasteiger partial charge in [-0.15, -0.1) is 5.06 Å². The second-order valence-electron chi connectivity index (χ2n) is 8.86. The quantitative estimate of drug-likeness (QED) is 0.200. The van der Waals surface area contributed by atoms with Gasteiger partial charge in [0.2, 0.25) is 0 Å². The number of hydroxylamine groups is 2. The lowest BCUT2D eigenvalue weighted by Gasteiger charge is -2.36. The number of amides is 2. The van der Waals surface area contributed by atoms with E-state index in [2.05, 4.69) is 4.84 Å². The number of nitrogens with zero attached hydrogens (tertiary/aromatic N) is 1. The molecule has 0 atom stereocenters. The Labute approximate surface area is 228 Å². The van der Waals surface area contributed by atoms with Gasteiger partial charge in [0.15, 0.2) is 5.60 Å². The molecule has 1 saturated heterocycles. The molecule has 41 heavy (non-hydrogen) atoms. The van der Waals surface area contributed by atoms with Gasteiger partial charge in [-0.1, -0.05) is 6.07 Å². The van der Waals surface area contributed by atoms with Crippen LogP contribution in [-0.4, -0.2) is 61.2 Å². The predicted octanol–water partition coefficient (Wildman–Crippen LogP) is 2.04. The number of aromatic carboxylic acids is 1. The minimum Gasteiger partial charge on any atom is -0.508 e. The molecule has 14 heteroatoms. The van der Waals surface area contributed by atoms with Crippen molar-refractivity contribution < 1.29 is 63.5 Å². The predicted molar refractivity (Wildman–Crippen MR) is 130 cm³/mol. The third kappa shape index (κ3) is 4.42. The zero-order valence-electron chi connectivity index (χ0n) is 20.5. The monoisotopic (exact) mass is 563 g/mol. The SMILES string of the molecule is O=C(O)C(=O)ON1C(=O)CCC1=O.O=C(O)c1ccc2c(c1)C(=O)OC21c2ccc(O)cc2Oc2cc(O)ccc21. The second kappa shape index (κ2) is 9.68. The van der Waals surface area contributed by atoms with Crippen molar-refractivity contribution >= 4 is 35.7 Å². The molecule has 0 bridgehead atoms. The lowest BCUT2D eigenvalue weighted by molar-refractivity contribution is -0.201. The first-order chi connectivity index (χ1) is 19.4. The van der Waals surface area contributed by atoms with E-state index in [4.69, 9.17) is 14.6 Å². The third-order valence-corrected chi connectivity index (χ3v) is 6.37. The molecule has 2 amide bonds. The van der Waals surface area contributed by atoms with E-state index >= 15 is 0 Å². The standard InChI is InChI=1S/C21H12O7.C6H5NO6/c22-11-2-5-15-17(8-11)27-18-9-12(23)3-6-16(18)21(15)14-4-1-10(19(24)25)7-13(14)20(26)28-21;8-3-1-2-4(9)7(3)13-6(12)5(10)11/h1-9,22-23H,(H,24,25);1-2H2,(H,10,11). The Bertz CT molecular complexity index is 1620. The minimum atomic E-state index is -1.85. The van der Waals surface area contributed by atoms with Crippen molar-refractivity contribution in [2.75, 3.05) is 0 Å². The molecule has 0 aliphatic carbocycles. The summed E-state index contributed by atoms with van der Waals surface area (Å²) in [5.74, 6) is -6.29. The number of carboxylic acid groups (broad SMARTS) is 2. The van der Waals surface area contributed by atoms with Crippen molar-refractivity contribution in [3.63, 3.8) is 0 Å². The summed E-state index contributed by atoms with van der Waals surface area (Å²) in [4.78, 5) is 70.0. The summed E-state index contributed by atoms with van der Waals surface area (Å²) in [5, 5.41) is 37.2. The molecule has 0 radical (unpaired) electrons. The van der Waals surface area contributed by atoms with E-state index in [-0.39, 0.29) is 52.0 Å². The van der Waals surface area contributed by atoms with Crippen molar-refractivity contribution in [3.8, 4) is 23.0 Å². The summed E-state index contributed by atoms with van der Waals surface area (Å²) in [6.45, 7) is 0. The molecule has 4 N–H and O–H groups in total. The highest BCUT2D eigenvalue weighted by Gasteiger charge is 2.53. The number of ether oxygens (including phenoxy) is 2. The number of phenolic OH excluding ortho intramolecular Hbond substituents is 2. The summed E-state index contributed by atoms with van der Waals surface area (Å²) in [6.07, 6.45) is -0.128. The van der Waals surface area contributed by atoms with E-state index in [1.54, 1.807) is 18.2 Å². The maximum Gasteiger partial charge on any atom is 0.441 e. The molecule has 208 valence electrons. The number of benzene rings is 3. The van der Waals surface area contributed by atoms with Crippen LogP contribution in [-0.2, 0) is 34.4 Å². The lowest BCUT2D eigenvalue weighted by Crippen LogP contribution is -2.34. The zero-order chi connectivity index (χ0) is 29.6. The highest BCUT2D eigenvalue weighted by Crippen LogP contribution is 2.57. The number of carboxylic acids is 2. The van der Waals surface area contributed by atoms with Crippen LogP contribution in [0.1, 0.15) is 50.2 Å². The molecular formula is C27H17NO13. The van der Waals surface area contributed by atoms with Crippen LogP contribution in [0.4, 0.5) is 0 Å². The largest absolute Gasteiger partial charge is 0.508 e. The Morgan fingerprint density at radius 2 is 1.32 bits per heavy atom. The fourth-order valence-electron chi connectivity index (χ4n) is 4.62. The van der Waals surface area contributed by atoms with Crippen molar-refractivity contribution in [1.82, 2.24) is 5.06 Å². The van der Waals surface area contributed by atoms with Crippen molar-refractivity contribution in [2.24, 2.45) is 0 Å². The highest BCUT2D eigenvalue weighted by atomic mass is 16.7. The van der Waals surface area contributed by atoms with Gasteiger partial charge in [0.25, 0.3) is 11.8 Å². The van der Waals surface area contributed by atoms with Crippen LogP contribution >= 0.6 is 0 Å². The van der Waals surface area contributed by atoms with Crippen molar-refractivity contribution in [2.45, 2.75) is 18.4 Å². The van der Waals surface area contributed by atoms with Gasteiger partial charge in [-0.3, -0.25) is 9.59 Å². The van der Waals surface area contributed by atoms with Gasteiger partial charge in [0, 0.05) is 41.7 Å². The second-order valence-corrected chi connectivity index (χ2v) is 8.86. The Morgan fingerprint density at radius 3 is 1.83 bits per heavy atom. The molecule has 3 aromatic carbocycles. The number of aromatic hydroxyl groups is 2. The van der Waals surface area contributed by atoms with E-state index in [1.165, 1.54) is 36.4 Å². The average molecular weight is 563 g/mol. The third-order valence-electron chi connectivity index (χ3n) is 6.37. The van der Waals surface area contributed by atoms with Crippen LogP contribution in [0.5, 0.6) is 23.0 Å². The molecule has 0 unspecified atom stereocenters.